The third-order valence-corrected chi connectivity index (χ3v) is 8.45. The number of hydrogen-bond donors (Lipinski definition) is 5. The molecule has 38 heavy (non-hydrogen) atoms. The summed E-state index contributed by atoms with van der Waals surface area (Å²) >= 11 is 6.76. The molecular weight excluding hydrogens is 506 g/mol. The quantitative estimate of drug-likeness (QED) is 0.320. The van der Waals surface area contributed by atoms with Crippen molar-refractivity contribution in [2.24, 2.45) is 17.6 Å². The number of nitrogens with zero attached hydrogens (tertiary/aromatic N) is 1. The van der Waals surface area contributed by atoms with E-state index in [1.165, 1.54) is 0 Å². The SMILES string of the molecule is Cc1cccc(-c2c(Cl)cccc2C(O)(CCCNC(=O)O)C2CCCN(C(=O)[C@H]3C[C@@H](N)[C@@H](O)C3)C2)c1. The molecule has 9 heteroatoms. The number of rotatable bonds is 8. The zero-order valence-electron chi connectivity index (χ0n) is 21.8. The van der Waals surface area contributed by atoms with Crippen molar-refractivity contribution in [2.75, 3.05) is 19.6 Å². The lowest BCUT2D eigenvalue weighted by atomic mass is 9.72. The van der Waals surface area contributed by atoms with Gasteiger partial charge in [-0.25, -0.2) is 4.79 Å². The summed E-state index contributed by atoms with van der Waals surface area (Å²) in [6.07, 6.45) is 1.18. The van der Waals surface area contributed by atoms with Gasteiger partial charge >= 0.3 is 6.09 Å². The van der Waals surface area contributed by atoms with E-state index in [2.05, 4.69) is 5.32 Å². The number of halogens is 1. The smallest absolute Gasteiger partial charge is 0.404 e. The van der Waals surface area contributed by atoms with E-state index < -0.39 is 23.8 Å². The number of hydrogen-bond acceptors (Lipinski definition) is 5. The molecule has 4 rings (SSSR count). The van der Waals surface area contributed by atoms with Gasteiger partial charge in [0.1, 0.15) is 0 Å². The van der Waals surface area contributed by atoms with Gasteiger partial charge in [-0.1, -0.05) is 53.6 Å². The van der Waals surface area contributed by atoms with Crippen LogP contribution in [0.1, 0.15) is 49.7 Å². The van der Waals surface area contributed by atoms with Gasteiger partial charge in [-0.2, -0.15) is 0 Å². The van der Waals surface area contributed by atoms with Crippen molar-refractivity contribution in [1.29, 1.82) is 0 Å². The summed E-state index contributed by atoms with van der Waals surface area (Å²) in [6, 6.07) is 13.1. The fraction of sp³-hybridized carbons (Fsp3) is 0.517. The molecule has 206 valence electrons. The van der Waals surface area contributed by atoms with Gasteiger partial charge < -0.3 is 31.3 Å². The van der Waals surface area contributed by atoms with Crippen LogP contribution < -0.4 is 11.1 Å². The van der Waals surface area contributed by atoms with Crippen LogP contribution in [0.25, 0.3) is 11.1 Å². The highest BCUT2D eigenvalue weighted by molar-refractivity contribution is 6.33. The van der Waals surface area contributed by atoms with Crippen LogP contribution in [0.2, 0.25) is 5.02 Å². The molecule has 8 nitrogen and oxygen atoms in total. The number of carbonyl (C=O) groups is 2. The molecule has 6 N–H and O–H groups in total. The molecule has 1 aliphatic heterocycles. The third kappa shape index (κ3) is 6.15. The molecule has 2 unspecified atom stereocenters. The number of carbonyl (C=O) groups excluding carboxylic acids is 1. The van der Waals surface area contributed by atoms with Crippen LogP contribution in [0.5, 0.6) is 0 Å². The highest BCUT2D eigenvalue weighted by Crippen LogP contribution is 2.46. The maximum absolute atomic E-state index is 13.4. The summed E-state index contributed by atoms with van der Waals surface area (Å²) in [6.45, 7) is 3.16. The van der Waals surface area contributed by atoms with Crippen molar-refractivity contribution in [1.82, 2.24) is 10.2 Å². The second kappa shape index (κ2) is 12.0. The molecule has 0 spiro atoms. The van der Waals surface area contributed by atoms with Crippen molar-refractivity contribution in [3.05, 3.63) is 58.6 Å². The molecule has 2 aliphatic rings. The van der Waals surface area contributed by atoms with E-state index in [0.29, 0.717) is 55.8 Å². The molecule has 1 heterocycles. The molecule has 2 aromatic rings. The fourth-order valence-electron chi connectivity index (χ4n) is 6.17. The van der Waals surface area contributed by atoms with E-state index in [4.69, 9.17) is 22.4 Å². The number of aryl methyl sites for hydroxylation is 1. The summed E-state index contributed by atoms with van der Waals surface area (Å²) in [5, 5.41) is 34.6. The Kier molecular flexibility index (Phi) is 8.98. The second-order valence-electron chi connectivity index (χ2n) is 10.8. The number of aliphatic hydroxyl groups is 2. The number of carboxylic acid groups (broad SMARTS) is 1. The van der Waals surface area contributed by atoms with Crippen molar-refractivity contribution < 1.29 is 24.9 Å². The Morgan fingerprint density at radius 2 is 1.97 bits per heavy atom. The molecule has 1 saturated heterocycles. The minimum atomic E-state index is -1.35. The largest absolute Gasteiger partial charge is 0.465 e. The van der Waals surface area contributed by atoms with Crippen molar-refractivity contribution in [3.63, 3.8) is 0 Å². The predicted octanol–water partition coefficient (Wildman–Crippen LogP) is 3.89. The maximum atomic E-state index is 13.4. The molecule has 5 atom stereocenters. The molecule has 1 saturated carbocycles. The van der Waals surface area contributed by atoms with Crippen molar-refractivity contribution in [3.8, 4) is 11.1 Å². The minimum absolute atomic E-state index is 0.0263. The lowest BCUT2D eigenvalue weighted by Gasteiger charge is -2.44. The van der Waals surface area contributed by atoms with Gasteiger partial charge in [0.2, 0.25) is 5.91 Å². The van der Waals surface area contributed by atoms with Gasteiger partial charge in [0, 0.05) is 48.1 Å². The molecule has 1 aliphatic carbocycles. The van der Waals surface area contributed by atoms with E-state index in [1.54, 1.807) is 11.0 Å². The number of aliphatic hydroxyl groups excluding tert-OH is 1. The number of piperidine rings is 1. The standard InChI is InChI=1S/C29H38ClN3O5/c1-18-6-2-7-19(14-18)26-22(9-3-10-23(26)30)29(38,11-5-12-32-28(36)37)21-8-4-13-33(17-21)27(35)20-15-24(31)25(34)16-20/h2-3,6-7,9-10,14,20-21,24-25,32,34,38H,4-5,8,11-13,15-17,31H2,1H3,(H,36,37)/t20-,21?,24+,25-,29?/m0/s1. The second-order valence-corrected chi connectivity index (χ2v) is 11.2. The average molecular weight is 544 g/mol. The average Bonchev–Trinajstić information content (AvgIpc) is 3.23. The Balaban J connectivity index is 1.68. The number of nitrogens with one attached hydrogen (secondary N) is 1. The molecule has 2 aromatic carbocycles. The van der Waals surface area contributed by atoms with Crippen LogP contribution in [-0.2, 0) is 10.4 Å². The first kappa shape index (κ1) is 28.4. The Labute approximate surface area is 228 Å². The first-order chi connectivity index (χ1) is 18.1. The molecule has 2 amide bonds. The van der Waals surface area contributed by atoms with Gasteiger partial charge in [-0.3, -0.25) is 4.79 Å². The van der Waals surface area contributed by atoms with Crippen molar-refractivity contribution >= 4 is 23.6 Å². The van der Waals surface area contributed by atoms with Gasteiger partial charge in [-0.15, -0.1) is 0 Å². The highest BCUT2D eigenvalue weighted by Gasteiger charge is 2.44. The third-order valence-electron chi connectivity index (χ3n) is 8.13. The molecule has 0 bridgehead atoms. The zero-order valence-corrected chi connectivity index (χ0v) is 22.5. The normalized spacial score (nSPS) is 25.1. The minimum Gasteiger partial charge on any atom is -0.465 e. The van der Waals surface area contributed by atoms with Crippen LogP contribution in [0.4, 0.5) is 4.79 Å². The summed E-state index contributed by atoms with van der Waals surface area (Å²) < 4.78 is 0. The zero-order chi connectivity index (χ0) is 27.4. The van der Waals surface area contributed by atoms with Crippen LogP contribution >= 0.6 is 11.6 Å². The monoisotopic (exact) mass is 543 g/mol. The summed E-state index contributed by atoms with van der Waals surface area (Å²) in [5.41, 5.74) is 8.01. The number of likely N-dealkylation sites (tertiary alicyclic amines) is 1. The van der Waals surface area contributed by atoms with Gasteiger partial charge in [0.25, 0.3) is 0 Å². The Bertz CT molecular complexity index is 1150. The Morgan fingerprint density at radius 3 is 2.66 bits per heavy atom. The Hall–Kier alpha value is -2.65. The molecular formula is C29H38ClN3O5. The van der Waals surface area contributed by atoms with Gasteiger partial charge in [0.05, 0.1) is 11.7 Å². The van der Waals surface area contributed by atoms with Crippen molar-refractivity contribution in [2.45, 2.75) is 63.2 Å². The molecule has 0 aromatic heterocycles. The molecule has 2 fully saturated rings. The molecule has 0 radical (unpaired) electrons. The Morgan fingerprint density at radius 1 is 1.21 bits per heavy atom. The van der Waals surface area contributed by atoms with E-state index in [0.717, 1.165) is 23.1 Å². The highest BCUT2D eigenvalue weighted by atomic mass is 35.5. The van der Waals surface area contributed by atoms with E-state index in [1.807, 2.05) is 43.3 Å². The fourth-order valence-corrected chi connectivity index (χ4v) is 6.45. The number of nitrogens with two attached hydrogens (primary N) is 1. The predicted molar refractivity (Wildman–Crippen MR) is 147 cm³/mol. The first-order valence-electron chi connectivity index (χ1n) is 13.4. The number of benzene rings is 2. The van der Waals surface area contributed by atoms with E-state index in [9.17, 15) is 19.8 Å². The van der Waals surface area contributed by atoms with Gasteiger partial charge in [0.15, 0.2) is 0 Å². The topological polar surface area (TPSA) is 136 Å². The van der Waals surface area contributed by atoms with Crippen LogP contribution in [0, 0.1) is 18.8 Å². The van der Waals surface area contributed by atoms with Crippen LogP contribution in [0.3, 0.4) is 0 Å². The van der Waals surface area contributed by atoms with Crippen LogP contribution in [-0.4, -0.2) is 64.0 Å². The lowest BCUT2D eigenvalue weighted by Crippen LogP contribution is -2.49. The maximum Gasteiger partial charge on any atom is 0.404 e. The van der Waals surface area contributed by atoms with Gasteiger partial charge in [-0.05, 0) is 62.6 Å². The van der Waals surface area contributed by atoms with E-state index in [-0.39, 0.29) is 24.3 Å². The number of amides is 2. The first-order valence-corrected chi connectivity index (χ1v) is 13.8. The summed E-state index contributed by atoms with van der Waals surface area (Å²) in [7, 11) is 0. The summed E-state index contributed by atoms with van der Waals surface area (Å²) in [5.74, 6) is -0.630. The summed E-state index contributed by atoms with van der Waals surface area (Å²) in [4.78, 5) is 26.2. The van der Waals surface area contributed by atoms with Crippen LogP contribution in [0.15, 0.2) is 42.5 Å². The lowest BCUT2D eigenvalue weighted by molar-refractivity contribution is -0.141. The van der Waals surface area contributed by atoms with E-state index >= 15 is 0 Å².